The van der Waals surface area contributed by atoms with Crippen LogP contribution in [0, 0.1) is 5.92 Å². The number of hydrogen-bond acceptors (Lipinski definition) is 9. The summed E-state index contributed by atoms with van der Waals surface area (Å²) < 4.78 is 6.18. The van der Waals surface area contributed by atoms with Crippen LogP contribution in [0.15, 0.2) is 36.4 Å². The van der Waals surface area contributed by atoms with E-state index >= 15 is 0 Å². The van der Waals surface area contributed by atoms with Gasteiger partial charge in [-0.25, -0.2) is 0 Å². The molecule has 1 amide bonds. The Balaban J connectivity index is 1.15. The first-order chi connectivity index (χ1) is 18.7. The molecule has 1 aromatic carbocycles. The van der Waals surface area contributed by atoms with Gasteiger partial charge in [0.2, 0.25) is 5.91 Å². The Hall–Kier alpha value is -2.21. The van der Waals surface area contributed by atoms with Crippen molar-refractivity contribution in [2.45, 2.75) is 63.4 Å². The number of likely N-dealkylation sites (N-methyl/N-ethyl adjacent to an activating group) is 1. The van der Waals surface area contributed by atoms with Crippen LogP contribution in [0.1, 0.15) is 38.5 Å². The van der Waals surface area contributed by atoms with Crippen LogP contribution in [0.25, 0.3) is 0 Å². The first-order valence-electron chi connectivity index (χ1n) is 14.6. The molecule has 4 N–H and O–H groups in total. The molecule has 0 radical (unpaired) electrons. The van der Waals surface area contributed by atoms with Crippen molar-refractivity contribution in [3.8, 4) is 0 Å². The van der Waals surface area contributed by atoms with Crippen LogP contribution in [0.2, 0.25) is 0 Å². The maximum Gasteiger partial charge on any atom is 0.244 e. The predicted molar refractivity (Wildman–Crippen MR) is 149 cm³/mol. The minimum Gasteiger partial charge on any atom is -0.369 e. The molecular weight excluding hydrogens is 480 g/mol. The smallest absolute Gasteiger partial charge is 0.244 e. The number of hydrazine groups is 1. The zero-order valence-corrected chi connectivity index (χ0v) is 22.6. The fourth-order valence-corrected chi connectivity index (χ4v) is 6.38. The van der Waals surface area contributed by atoms with E-state index in [9.17, 15) is 4.79 Å². The Labute approximate surface area is 226 Å². The third-order valence-electron chi connectivity index (χ3n) is 8.61. The number of amides is 1. The third kappa shape index (κ3) is 5.71. The second-order valence-corrected chi connectivity index (χ2v) is 11.3. The molecule has 1 aromatic rings. The van der Waals surface area contributed by atoms with Gasteiger partial charge in [0, 0.05) is 50.7 Å². The number of carbonyl (C=O) groups is 1. The molecule has 10 heteroatoms. The van der Waals surface area contributed by atoms with Crippen LogP contribution >= 0.6 is 0 Å². The van der Waals surface area contributed by atoms with E-state index in [1.165, 1.54) is 5.69 Å². The summed E-state index contributed by atoms with van der Waals surface area (Å²) in [4.78, 5) is 18.4. The zero-order valence-electron chi connectivity index (χ0n) is 22.6. The highest BCUT2D eigenvalue weighted by molar-refractivity contribution is 5.82. The van der Waals surface area contributed by atoms with Crippen LogP contribution in [0.4, 0.5) is 11.4 Å². The van der Waals surface area contributed by atoms with Crippen molar-refractivity contribution >= 4 is 17.3 Å². The third-order valence-corrected chi connectivity index (χ3v) is 8.61. The van der Waals surface area contributed by atoms with E-state index in [2.05, 4.69) is 79.5 Å². The molecule has 5 heterocycles. The highest BCUT2D eigenvalue weighted by atomic mass is 16.5. The Kier molecular flexibility index (Phi) is 8.15. The van der Waals surface area contributed by atoms with Crippen LogP contribution < -0.4 is 26.2 Å². The number of piperidine rings is 1. The fourth-order valence-electron chi connectivity index (χ4n) is 6.38. The van der Waals surface area contributed by atoms with E-state index in [1.807, 2.05) is 5.01 Å². The summed E-state index contributed by atoms with van der Waals surface area (Å²) in [7, 11) is 2.18. The summed E-state index contributed by atoms with van der Waals surface area (Å²) in [5, 5.41) is 18.8. The summed E-state index contributed by atoms with van der Waals surface area (Å²) in [6.07, 6.45) is 10.6. The SMILES string of the molecule is CN1CCN(c2ccc(NC3NCC4C(=O)N5C/C=C/CCCCOC6CCCC(N6)N5C4N3)cc2)CC1. The first kappa shape index (κ1) is 26.0. The number of rotatable bonds is 3. The Bertz CT molecular complexity index is 966. The predicted octanol–water partition coefficient (Wildman–Crippen LogP) is 1.51. The molecule has 4 fully saturated rings. The molecular formula is C28H44N8O2. The maximum atomic E-state index is 13.6. The normalized spacial score (nSPS) is 34.4. The number of nitrogens with one attached hydrogen (secondary N) is 4. The van der Waals surface area contributed by atoms with E-state index in [-0.39, 0.29) is 36.7 Å². The molecule has 38 heavy (non-hydrogen) atoms. The highest BCUT2D eigenvalue weighted by Gasteiger charge is 2.52. The molecule has 6 rings (SSSR count). The Morgan fingerprint density at radius 3 is 2.66 bits per heavy atom. The summed E-state index contributed by atoms with van der Waals surface area (Å²) in [5.41, 5.74) is 2.33. The van der Waals surface area contributed by atoms with Gasteiger partial charge in [-0.15, -0.1) is 0 Å². The Morgan fingerprint density at radius 1 is 0.974 bits per heavy atom. The lowest BCUT2D eigenvalue weighted by Crippen LogP contribution is -2.68. The summed E-state index contributed by atoms with van der Waals surface area (Å²) >= 11 is 0. The standard InChI is InChI=1S/C28H44N8O2/c1-33-15-17-34(18-16-33)22-12-10-21(11-13-22)30-28-29-20-23-26(32-28)36-24-8-7-9-25(31-24)38-19-6-4-2-3-5-14-35(36)27(23)37/h3,5,10-13,23-26,28-32H,2,4,6-9,14-20H2,1H3/b5-3+. The first-order valence-corrected chi connectivity index (χ1v) is 14.6. The van der Waals surface area contributed by atoms with E-state index in [0.717, 1.165) is 77.0 Å². The van der Waals surface area contributed by atoms with Gasteiger partial charge in [0.25, 0.3) is 0 Å². The summed E-state index contributed by atoms with van der Waals surface area (Å²) in [6.45, 7) is 6.37. The average Bonchev–Trinajstić information content (AvgIpc) is 3.22. The quantitative estimate of drug-likeness (QED) is 0.440. The van der Waals surface area contributed by atoms with Crippen molar-refractivity contribution in [3.05, 3.63) is 36.4 Å². The van der Waals surface area contributed by atoms with Crippen molar-refractivity contribution in [1.29, 1.82) is 0 Å². The number of piperazine rings is 1. The van der Waals surface area contributed by atoms with Gasteiger partial charge in [-0.1, -0.05) is 12.2 Å². The molecule has 5 aliphatic rings. The molecule has 2 bridgehead atoms. The lowest BCUT2D eigenvalue weighted by Gasteiger charge is -2.44. The van der Waals surface area contributed by atoms with Gasteiger partial charge in [-0.05, 0) is 69.8 Å². The van der Waals surface area contributed by atoms with Gasteiger partial charge in [-0.2, -0.15) is 5.01 Å². The number of anilines is 2. The van der Waals surface area contributed by atoms with Crippen LogP contribution in [0.5, 0.6) is 0 Å². The van der Waals surface area contributed by atoms with E-state index in [0.29, 0.717) is 13.1 Å². The van der Waals surface area contributed by atoms with Crippen molar-refractivity contribution in [3.63, 3.8) is 0 Å². The fraction of sp³-hybridized carbons (Fsp3) is 0.679. The number of allylic oxidation sites excluding steroid dienone is 1. The van der Waals surface area contributed by atoms with Crippen molar-refractivity contribution in [2.75, 3.05) is 63.1 Å². The summed E-state index contributed by atoms with van der Waals surface area (Å²) in [6, 6.07) is 8.72. The molecule has 4 saturated heterocycles. The molecule has 5 unspecified atom stereocenters. The minimum atomic E-state index is -0.130. The van der Waals surface area contributed by atoms with Gasteiger partial charge < -0.3 is 19.9 Å². The minimum absolute atomic E-state index is 0.0490. The van der Waals surface area contributed by atoms with Crippen LogP contribution in [-0.2, 0) is 9.53 Å². The van der Waals surface area contributed by atoms with Crippen LogP contribution in [0.3, 0.4) is 0 Å². The van der Waals surface area contributed by atoms with E-state index in [1.54, 1.807) is 0 Å². The molecule has 5 atom stereocenters. The van der Waals surface area contributed by atoms with Gasteiger partial charge in [-0.3, -0.25) is 25.8 Å². The molecule has 0 spiro atoms. The van der Waals surface area contributed by atoms with Crippen LogP contribution in [-0.4, -0.2) is 98.6 Å². The molecule has 10 nitrogen and oxygen atoms in total. The molecule has 0 aromatic heterocycles. The second-order valence-electron chi connectivity index (χ2n) is 11.3. The largest absolute Gasteiger partial charge is 0.369 e. The topological polar surface area (TPSA) is 87.4 Å². The number of carbonyl (C=O) groups excluding carboxylic acids is 1. The highest BCUT2D eigenvalue weighted by Crippen LogP contribution is 2.32. The summed E-state index contributed by atoms with van der Waals surface area (Å²) in [5.74, 6) is 0.0615. The maximum absolute atomic E-state index is 13.6. The number of benzene rings is 1. The number of fused-ring (bicyclic) bond motifs is 6. The number of hydrogen-bond donors (Lipinski definition) is 4. The zero-order chi connectivity index (χ0) is 25.9. The van der Waals surface area contributed by atoms with Gasteiger partial charge in [0.15, 0.2) is 0 Å². The van der Waals surface area contributed by atoms with Crippen molar-refractivity contribution in [1.82, 2.24) is 30.9 Å². The lowest BCUT2D eigenvalue weighted by molar-refractivity contribution is -0.148. The molecule has 208 valence electrons. The lowest BCUT2D eigenvalue weighted by atomic mass is 10.0. The van der Waals surface area contributed by atoms with Gasteiger partial charge in [0.1, 0.15) is 12.5 Å². The van der Waals surface area contributed by atoms with E-state index < -0.39 is 0 Å². The second kappa shape index (κ2) is 11.9. The molecule has 0 aliphatic carbocycles. The molecule has 5 aliphatic heterocycles. The monoisotopic (exact) mass is 524 g/mol. The number of ether oxygens (including phenoxy) is 1. The van der Waals surface area contributed by atoms with Gasteiger partial charge in [0.05, 0.1) is 24.8 Å². The van der Waals surface area contributed by atoms with E-state index in [4.69, 9.17) is 4.74 Å². The Morgan fingerprint density at radius 2 is 1.82 bits per heavy atom. The number of nitrogens with zero attached hydrogens (tertiary/aromatic N) is 4. The van der Waals surface area contributed by atoms with Crippen molar-refractivity contribution in [2.24, 2.45) is 5.92 Å². The van der Waals surface area contributed by atoms with Gasteiger partial charge >= 0.3 is 0 Å². The van der Waals surface area contributed by atoms with Crippen molar-refractivity contribution < 1.29 is 9.53 Å². The molecule has 0 saturated carbocycles. The average molecular weight is 525 g/mol.